The number of allylic oxidation sites excluding steroid dienone is 1. The summed E-state index contributed by atoms with van der Waals surface area (Å²) >= 11 is 0. The van der Waals surface area contributed by atoms with E-state index in [1.165, 1.54) is 77.1 Å². The molecule has 2 aliphatic carbocycles. The van der Waals surface area contributed by atoms with Gasteiger partial charge in [-0.05, 0) is 129 Å². The Labute approximate surface area is 344 Å². The second-order valence-corrected chi connectivity index (χ2v) is 16.0. The van der Waals surface area contributed by atoms with Crippen molar-refractivity contribution in [3.05, 3.63) is 246 Å². The first-order valence-corrected chi connectivity index (χ1v) is 20.7. The molecule has 59 heavy (non-hydrogen) atoms. The lowest BCUT2D eigenvalue weighted by Crippen LogP contribution is -2.28. The van der Waals surface area contributed by atoms with Gasteiger partial charge in [-0.3, -0.25) is 0 Å². The minimum atomic E-state index is -0.447. The van der Waals surface area contributed by atoms with Crippen LogP contribution in [-0.4, -0.2) is 4.57 Å². The summed E-state index contributed by atoms with van der Waals surface area (Å²) in [4.78, 5) is 2.42. The number of hydrogen-bond donors (Lipinski definition) is 0. The number of aryl methyl sites for hydroxylation is 1. The predicted molar refractivity (Wildman–Crippen MR) is 248 cm³/mol. The van der Waals surface area contributed by atoms with Gasteiger partial charge < -0.3 is 9.47 Å². The van der Waals surface area contributed by atoms with Crippen molar-refractivity contribution in [2.45, 2.75) is 18.3 Å². The van der Waals surface area contributed by atoms with Crippen LogP contribution in [0.2, 0.25) is 0 Å². The van der Waals surface area contributed by atoms with E-state index in [2.05, 4.69) is 228 Å². The van der Waals surface area contributed by atoms with Crippen molar-refractivity contribution in [3.8, 4) is 16.8 Å². The number of benzene rings is 9. The second kappa shape index (κ2) is 13.3. The first-order chi connectivity index (χ1) is 29.3. The lowest BCUT2D eigenvalue weighted by atomic mass is 9.68. The minimum Gasteiger partial charge on any atom is -0.310 e. The van der Waals surface area contributed by atoms with E-state index in [0.717, 1.165) is 35.6 Å². The molecular formula is C57H40N2. The van der Waals surface area contributed by atoms with Crippen LogP contribution in [0.5, 0.6) is 0 Å². The highest BCUT2D eigenvalue weighted by atomic mass is 15.1. The summed E-state index contributed by atoms with van der Waals surface area (Å²) in [6, 6.07) is 76.5. The van der Waals surface area contributed by atoms with Crippen molar-refractivity contribution in [2.75, 3.05) is 4.90 Å². The fraction of sp³-hybridized carbons (Fsp3) is 0.0526. The van der Waals surface area contributed by atoms with Gasteiger partial charge in [0.1, 0.15) is 0 Å². The van der Waals surface area contributed by atoms with Crippen LogP contribution in [0.4, 0.5) is 17.1 Å². The van der Waals surface area contributed by atoms with Gasteiger partial charge >= 0.3 is 0 Å². The van der Waals surface area contributed by atoms with Gasteiger partial charge in [-0.1, -0.05) is 158 Å². The van der Waals surface area contributed by atoms with Crippen LogP contribution >= 0.6 is 0 Å². The highest BCUT2D eigenvalue weighted by Crippen LogP contribution is 2.56. The van der Waals surface area contributed by atoms with E-state index < -0.39 is 5.41 Å². The number of aromatic nitrogens is 1. The van der Waals surface area contributed by atoms with E-state index in [1.54, 1.807) is 0 Å². The molecule has 0 atom stereocenters. The quantitative estimate of drug-likeness (QED) is 0.164. The third kappa shape index (κ3) is 5.06. The SMILES string of the molecule is C1=Cc2c(ccc3cc(N(c4ccc(-n5c6ccccc6c6ccccc65)cc4)c4ccc(C5(c6ccccc6)c6ccccc6-c6ccccc65)cc4)ccc23)CC1. The summed E-state index contributed by atoms with van der Waals surface area (Å²) in [6.07, 6.45) is 6.83. The van der Waals surface area contributed by atoms with Gasteiger partial charge in [-0.15, -0.1) is 0 Å². The molecule has 9 aromatic carbocycles. The summed E-state index contributed by atoms with van der Waals surface area (Å²) in [5.74, 6) is 0. The Morgan fingerprint density at radius 3 is 1.68 bits per heavy atom. The van der Waals surface area contributed by atoms with Crippen molar-refractivity contribution in [1.82, 2.24) is 4.57 Å². The van der Waals surface area contributed by atoms with Crippen molar-refractivity contribution >= 4 is 55.7 Å². The molecule has 1 aromatic heterocycles. The van der Waals surface area contributed by atoms with Crippen LogP contribution in [0, 0.1) is 0 Å². The third-order valence-corrected chi connectivity index (χ3v) is 12.9. The highest BCUT2D eigenvalue weighted by Gasteiger charge is 2.45. The summed E-state index contributed by atoms with van der Waals surface area (Å²) in [6.45, 7) is 0. The van der Waals surface area contributed by atoms with Crippen molar-refractivity contribution in [1.29, 1.82) is 0 Å². The number of fused-ring (bicyclic) bond motifs is 9. The van der Waals surface area contributed by atoms with Crippen LogP contribution in [-0.2, 0) is 11.8 Å². The van der Waals surface area contributed by atoms with Crippen LogP contribution in [0.15, 0.2) is 212 Å². The molecule has 0 fully saturated rings. The maximum atomic E-state index is 2.42. The Hall–Kier alpha value is -7.42. The van der Waals surface area contributed by atoms with Crippen molar-refractivity contribution < 1.29 is 0 Å². The van der Waals surface area contributed by atoms with Crippen LogP contribution in [0.1, 0.15) is 39.8 Å². The maximum absolute atomic E-state index is 2.42. The largest absolute Gasteiger partial charge is 0.310 e. The zero-order chi connectivity index (χ0) is 38.9. The predicted octanol–water partition coefficient (Wildman–Crippen LogP) is 14.7. The molecule has 2 aliphatic rings. The summed E-state index contributed by atoms with van der Waals surface area (Å²) < 4.78 is 2.39. The Morgan fingerprint density at radius 1 is 0.441 bits per heavy atom. The van der Waals surface area contributed by atoms with Crippen molar-refractivity contribution in [2.24, 2.45) is 0 Å². The average Bonchev–Trinajstić information content (AvgIpc) is 3.81. The third-order valence-electron chi connectivity index (χ3n) is 12.9. The molecule has 0 saturated heterocycles. The molecule has 1 heterocycles. The summed E-state index contributed by atoms with van der Waals surface area (Å²) in [5.41, 5.74) is 17.0. The van der Waals surface area contributed by atoms with E-state index in [-0.39, 0.29) is 0 Å². The fourth-order valence-electron chi connectivity index (χ4n) is 10.4. The lowest BCUT2D eigenvalue weighted by molar-refractivity contribution is 0.768. The molecule has 0 amide bonds. The normalized spacial score (nSPS) is 13.7. The zero-order valence-corrected chi connectivity index (χ0v) is 32.6. The Kier molecular flexibility index (Phi) is 7.61. The standard InChI is InChI=1S/C57H40N2/c1-2-15-41(16-3-1)57(53-22-10-6-18-49(53)50-19-7-11-23-54(50)57)42-28-30-43(31-29-42)58(46-36-37-48-40(38-46)27-26-39-14-4-5-17-47(39)48)44-32-34-45(35-33-44)59-55-24-12-8-20-51(55)52-21-9-13-25-56(52)59/h1-3,5-13,15-38H,4,14H2. The molecule has 2 nitrogen and oxygen atoms in total. The van der Waals surface area contributed by atoms with Gasteiger partial charge in [0.25, 0.3) is 0 Å². The van der Waals surface area contributed by atoms with E-state index in [9.17, 15) is 0 Å². The van der Waals surface area contributed by atoms with E-state index >= 15 is 0 Å². The van der Waals surface area contributed by atoms with Crippen LogP contribution < -0.4 is 4.90 Å². The van der Waals surface area contributed by atoms with E-state index in [0.29, 0.717) is 0 Å². The Morgan fingerprint density at radius 2 is 1.00 bits per heavy atom. The van der Waals surface area contributed by atoms with Crippen LogP contribution in [0.25, 0.3) is 55.5 Å². The zero-order valence-electron chi connectivity index (χ0n) is 32.6. The van der Waals surface area contributed by atoms with Crippen LogP contribution in [0.3, 0.4) is 0 Å². The Balaban J connectivity index is 1.03. The number of nitrogens with zero attached hydrogens (tertiary/aromatic N) is 2. The average molecular weight is 753 g/mol. The molecule has 0 spiro atoms. The number of hydrogen-bond acceptors (Lipinski definition) is 1. The van der Waals surface area contributed by atoms with E-state index in [4.69, 9.17) is 0 Å². The number of para-hydroxylation sites is 2. The summed E-state index contributed by atoms with van der Waals surface area (Å²) in [7, 11) is 0. The monoisotopic (exact) mass is 752 g/mol. The molecule has 0 aliphatic heterocycles. The molecule has 2 heteroatoms. The molecule has 0 radical (unpaired) electrons. The molecular weight excluding hydrogens is 713 g/mol. The topological polar surface area (TPSA) is 8.17 Å². The Bertz CT molecular complexity index is 3160. The molecule has 0 N–H and O–H groups in total. The first kappa shape index (κ1) is 33.7. The van der Waals surface area contributed by atoms with Gasteiger partial charge in [-0.2, -0.15) is 0 Å². The van der Waals surface area contributed by atoms with Crippen molar-refractivity contribution in [3.63, 3.8) is 0 Å². The fourth-order valence-corrected chi connectivity index (χ4v) is 10.4. The first-order valence-electron chi connectivity index (χ1n) is 20.7. The molecule has 0 saturated carbocycles. The smallest absolute Gasteiger partial charge is 0.0713 e. The van der Waals surface area contributed by atoms with Gasteiger partial charge in [0, 0.05) is 33.5 Å². The van der Waals surface area contributed by atoms with Gasteiger partial charge in [0.05, 0.1) is 16.4 Å². The van der Waals surface area contributed by atoms with Gasteiger partial charge in [0.2, 0.25) is 0 Å². The van der Waals surface area contributed by atoms with E-state index in [1.807, 2.05) is 0 Å². The molecule has 0 unspecified atom stereocenters. The van der Waals surface area contributed by atoms with Gasteiger partial charge in [-0.25, -0.2) is 0 Å². The molecule has 10 aromatic rings. The van der Waals surface area contributed by atoms with Gasteiger partial charge in [0.15, 0.2) is 0 Å². The maximum Gasteiger partial charge on any atom is 0.0713 e. The minimum absolute atomic E-state index is 0.447. The molecule has 0 bridgehead atoms. The second-order valence-electron chi connectivity index (χ2n) is 16.0. The lowest BCUT2D eigenvalue weighted by Gasteiger charge is -2.34. The number of rotatable bonds is 6. The molecule has 12 rings (SSSR count). The highest BCUT2D eigenvalue weighted by molar-refractivity contribution is 6.09. The number of anilines is 3. The molecule has 278 valence electrons. The summed E-state index contributed by atoms with van der Waals surface area (Å²) in [5, 5.41) is 5.09.